The first-order chi connectivity index (χ1) is 14.3. The summed E-state index contributed by atoms with van der Waals surface area (Å²) in [6, 6.07) is 7.20. The van der Waals surface area contributed by atoms with Gasteiger partial charge in [-0.15, -0.1) is 0 Å². The van der Waals surface area contributed by atoms with Crippen LogP contribution in [-0.4, -0.2) is 66.0 Å². The van der Waals surface area contributed by atoms with E-state index in [1.807, 2.05) is 18.2 Å². The summed E-state index contributed by atoms with van der Waals surface area (Å²) < 4.78 is 5.39. The summed E-state index contributed by atoms with van der Waals surface area (Å²) in [4.78, 5) is 42.6. The minimum Gasteiger partial charge on any atom is -0.480 e. The largest absolute Gasteiger partial charge is 0.480 e. The van der Waals surface area contributed by atoms with Crippen LogP contribution in [0.5, 0.6) is 0 Å². The molecular weight excluding hydrogens is 390 g/mol. The van der Waals surface area contributed by atoms with Crippen molar-refractivity contribution >= 4 is 23.7 Å². The van der Waals surface area contributed by atoms with E-state index < -0.39 is 30.1 Å². The van der Waals surface area contributed by atoms with Crippen LogP contribution in [0, 0.1) is 0 Å². The Morgan fingerprint density at radius 2 is 2.00 bits per heavy atom. The molecule has 30 heavy (non-hydrogen) atoms. The molecule has 1 aliphatic rings. The first-order valence-corrected chi connectivity index (χ1v) is 9.82. The van der Waals surface area contributed by atoms with Crippen molar-refractivity contribution in [3.05, 3.63) is 35.9 Å². The lowest BCUT2D eigenvalue weighted by molar-refractivity contribution is -0.148. The maximum atomic E-state index is 13.1. The third-order valence-electron chi connectivity index (χ3n) is 4.96. The van der Waals surface area contributed by atoms with Gasteiger partial charge in [-0.3, -0.25) is 14.6 Å². The number of nitrogens with one attached hydrogen (secondary N) is 1. The number of carboxylic acids is 1. The van der Waals surface area contributed by atoms with Crippen molar-refractivity contribution in [3.63, 3.8) is 0 Å². The molecule has 2 amide bonds. The molecule has 164 valence electrons. The zero-order chi connectivity index (χ0) is 22.1. The van der Waals surface area contributed by atoms with Crippen molar-refractivity contribution in [2.75, 3.05) is 20.2 Å². The van der Waals surface area contributed by atoms with Crippen molar-refractivity contribution in [2.24, 2.45) is 16.5 Å². The van der Waals surface area contributed by atoms with Gasteiger partial charge in [0, 0.05) is 20.2 Å². The van der Waals surface area contributed by atoms with Gasteiger partial charge in [-0.1, -0.05) is 30.3 Å². The topological polar surface area (TPSA) is 160 Å². The second-order valence-corrected chi connectivity index (χ2v) is 7.06. The van der Waals surface area contributed by atoms with Crippen LogP contribution in [0.3, 0.4) is 0 Å². The molecule has 0 spiro atoms. The van der Waals surface area contributed by atoms with E-state index in [0.29, 0.717) is 31.4 Å². The molecule has 0 bridgehead atoms. The van der Waals surface area contributed by atoms with E-state index in [1.54, 1.807) is 12.1 Å². The molecule has 0 radical (unpaired) electrons. The first kappa shape index (κ1) is 23.1. The van der Waals surface area contributed by atoms with Crippen LogP contribution in [0.4, 0.5) is 0 Å². The van der Waals surface area contributed by atoms with Gasteiger partial charge in [-0.05, 0) is 31.2 Å². The quantitative estimate of drug-likeness (QED) is 0.236. The van der Waals surface area contributed by atoms with Crippen LogP contribution >= 0.6 is 0 Å². The highest BCUT2D eigenvalue weighted by molar-refractivity contribution is 5.92. The smallest absolute Gasteiger partial charge is 0.326 e. The van der Waals surface area contributed by atoms with Crippen molar-refractivity contribution in [1.82, 2.24) is 10.2 Å². The monoisotopic (exact) mass is 419 g/mol. The summed E-state index contributed by atoms with van der Waals surface area (Å²) in [6.45, 7) is 0.675. The Balaban J connectivity index is 2.03. The summed E-state index contributed by atoms with van der Waals surface area (Å²) in [7, 11) is 1.44. The molecule has 1 saturated heterocycles. The SMILES string of the molecule is CO[C@@H](C(=O)N1CCC[C@H]1C(=O)N[C@@H](CCCN=C(N)N)C(=O)O)c1ccccc1. The van der Waals surface area contributed by atoms with Crippen molar-refractivity contribution in [1.29, 1.82) is 0 Å². The molecule has 0 unspecified atom stereocenters. The van der Waals surface area contributed by atoms with Gasteiger partial charge >= 0.3 is 5.97 Å². The Labute approximate surface area is 175 Å². The fourth-order valence-corrected chi connectivity index (χ4v) is 3.49. The molecule has 10 heteroatoms. The molecule has 1 aliphatic heterocycles. The average Bonchev–Trinajstić information content (AvgIpc) is 3.21. The predicted octanol–water partition coefficient (Wildman–Crippen LogP) is -0.0119. The van der Waals surface area contributed by atoms with E-state index in [9.17, 15) is 19.5 Å². The van der Waals surface area contributed by atoms with Crippen LogP contribution in [0.2, 0.25) is 0 Å². The number of methoxy groups -OCH3 is 1. The second kappa shape index (κ2) is 11.1. The molecule has 1 heterocycles. The van der Waals surface area contributed by atoms with Crippen LogP contribution in [0.25, 0.3) is 0 Å². The molecule has 3 atom stereocenters. The van der Waals surface area contributed by atoms with Gasteiger partial charge < -0.3 is 31.5 Å². The minimum absolute atomic E-state index is 0.0721. The summed E-state index contributed by atoms with van der Waals surface area (Å²) in [6.07, 6.45) is 0.848. The average molecular weight is 419 g/mol. The summed E-state index contributed by atoms with van der Waals surface area (Å²) in [5, 5.41) is 12.0. The number of carbonyl (C=O) groups excluding carboxylic acids is 2. The number of carbonyl (C=O) groups is 3. The fraction of sp³-hybridized carbons (Fsp3) is 0.500. The number of nitrogens with zero attached hydrogens (tertiary/aromatic N) is 2. The van der Waals surface area contributed by atoms with Crippen molar-refractivity contribution < 1.29 is 24.2 Å². The number of amides is 2. The number of aliphatic carboxylic acids is 1. The molecule has 10 nitrogen and oxygen atoms in total. The van der Waals surface area contributed by atoms with Gasteiger partial charge in [0.2, 0.25) is 5.91 Å². The number of benzene rings is 1. The number of rotatable bonds is 10. The molecule has 0 aromatic heterocycles. The summed E-state index contributed by atoms with van der Waals surface area (Å²) in [5.41, 5.74) is 11.2. The van der Waals surface area contributed by atoms with Gasteiger partial charge in [0.1, 0.15) is 12.1 Å². The maximum absolute atomic E-state index is 13.1. The van der Waals surface area contributed by atoms with Gasteiger partial charge in [-0.2, -0.15) is 0 Å². The Bertz CT molecular complexity index is 766. The van der Waals surface area contributed by atoms with Crippen molar-refractivity contribution in [2.45, 2.75) is 43.9 Å². The lowest BCUT2D eigenvalue weighted by atomic mass is 10.1. The maximum Gasteiger partial charge on any atom is 0.326 e. The molecule has 6 N–H and O–H groups in total. The van der Waals surface area contributed by atoms with E-state index in [4.69, 9.17) is 16.2 Å². The number of hydrogen-bond acceptors (Lipinski definition) is 5. The third kappa shape index (κ3) is 6.18. The van der Waals surface area contributed by atoms with Gasteiger partial charge in [-0.25, -0.2) is 4.79 Å². The van der Waals surface area contributed by atoms with E-state index in [-0.39, 0.29) is 24.8 Å². The predicted molar refractivity (Wildman–Crippen MR) is 110 cm³/mol. The number of nitrogens with two attached hydrogens (primary N) is 2. The molecule has 1 fully saturated rings. The molecular formula is C20H29N5O5. The molecule has 0 aliphatic carbocycles. The Hall–Kier alpha value is -3.14. The van der Waals surface area contributed by atoms with Crippen LogP contribution < -0.4 is 16.8 Å². The Morgan fingerprint density at radius 1 is 1.30 bits per heavy atom. The van der Waals surface area contributed by atoms with Crippen molar-refractivity contribution in [3.8, 4) is 0 Å². The van der Waals surface area contributed by atoms with E-state index in [2.05, 4.69) is 10.3 Å². The lowest BCUT2D eigenvalue weighted by Crippen LogP contribution is -2.51. The van der Waals surface area contributed by atoms with Crippen LogP contribution in [0.1, 0.15) is 37.4 Å². The van der Waals surface area contributed by atoms with E-state index in [1.165, 1.54) is 12.0 Å². The Kier molecular flexibility index (Phi) is 8.60. The molecule has 1 aromatic carbocycles. The van der Waals surface area contributed by atoms with Crippen LogP contribution in [-0.2, 0) is 19.1 Å². The normalized spacial score (nSPS) is 17.8. The highest BCUT2D eigenvalue weighted by Gasteiger charge is 2.38. The molecule has 0 saturated carbocycles. The fourth-order valence-electron chi connectivity index (χ4n) is 3.49. The zero-order valence-electron chi connectivity index (χ0n) is 17.0. The number of hydrogen-bond donors (Lipinski definition) is 4. The summed E-state index contributed by atoms with van der Waals surface area (Å²) in [5.74, 6) is -2.03. The number of guanidine groups is 1. The summed E-state index contributed by atoms with van der Waals surface area (Å²) >= 11 is 0. The second-order valence-electron chi connectivity index (χ2n) is 7.06. The van der Waals surface area contributed by atoms with Gasteiger partial charge in [0.15, 0.2) is 12.1 Å². The van der Waals surface area contributed by atoms with E-state index >= 15 is 0 Å². The number of ether oxygens (including phenoxy) is 1. The first-order valence-electron chi connectivity index (χ1n) is 9.82. The van der Waals surface area contributed by atoms with Gasteiger partial charge in [0.05, 0.1) is 0 Å². The molecule has 1 aromatic rings. The Morgan fingerprint density at radius 3 is 2.60 bits per heavy atom. The third-order valence-corrected chi connectivity index (χ3v) is 4.96. The van der Waals surface area contributed by atoms with E-state index in [0.717, 1.165) is 0 Å². The standard InChI is InChI=1S/C20H29N5O5/c1-30-16(13-7-3-2-4-8-13)18(27)25-12-6-10-15(25)17(26)24-14(19(28)29)9-5-11-23-20(21)22/h2-4,7-8,14-16H,5-6,9-12H2,1H3,(H,24,26)(H,28,29)(H4,21,22,23)/t14-,15-,16+/m0/s1. The number of carboxylic acid groups (broad SMARTS) is 1. The number of aliphatic imine (C=N–C) groups is 1. The zero-order valence-corrected chi connectivity index (χ0v) is 17.0. The molecule has 2 rings (SSSR count). The minimum atomic E-state index is -1.15. The highest BCUT2D eigenvalue weighted by atomic mass is 16.5. The lowest BCUT2D eigenvalue weighted by Gasteiger charge is -2.28. The van der Waals surface area contributed by atoms with Crippen LogP contribution in [0.15, 0.2) is 35.3 Å². The number of likely N-dealkylation sites (tertiary alicyclic amines) is 1. The van der Waals surface area contributed by atoms with Gasteiger partial charge in [0.25, 0.3) is 5.91 Å². The highest BCUT2D eigenvalue weighted by Crippen LogP contribution is 2.25.